The van der Waals surface area contributed by atoms with Gasteiger partial charge in [-0.15, -0.1) is 5.10 Å². The highest BCUT2D eigenvalue weighted by Gasteiger charge is 2.18. The second-order valence-corrected chi connectivity index (χ2v) is 7.77. The molecule has 0 N–H and O–H groups in total. The minimum atomic E-state index is 0.150. The molecule has 0 amide bonds. The largest absolute Gasteiger partial charge is 0.496 e. The molecule has 8 nitrogen and oxygen atoms in total. The van der Waals surface area contributed by atoms with E-state index in [1.54, 1.807) is 24.2 Å². The maximum Gasteiger partial charge on any atom is 0.192 e. The van der Waals surface area contributed by atoms with E-state index in [0.717, 1.165) is 45.8 Å². The van der Waals surface area contributed by atoms with Crippen LogP contribution in [-0.4, -0.2) is 37.5 Å². The number of para-hydroxylation sites is 1. The average molecular weight is 441 g/mol. The normalized spacial score (nSPS) is 11.6. The van der Waals surface area contributed by atoms with Crippen LogP contribution in [0.25, 0.3) is 16.7 Å². The minimum Gasteiger partial charge on any atom is -0.496 e. The molecule has 0 spiro atoms. The number of rotatable bonds is 7. The fourth-order valence-electron chi connectivity index (χ4n) is 3.96. The summed E-state index contributed by atoms with van der Waals surface area (Å²) in [5, 5.41) is 9.56. The summed E-state index contributed by atoms with van der Waals surface area (Å²) in [7, 11) is 1.62. The Balaban J connectivity index is 1.41. The first-order valence-corrected chi connectivity index (χ1v) is 10.7. The molecule has 8 heteroatoms. The van der Waals surface area contributed by atoms with Crippen molar-refractivity contribution in [2.24, 2.45) is 5.16 Å². The molecule has 0 aliphatic heterocycles. The fourth-order valence-corrected chi connectivity index (χ4v) is 3.96. The van der Waals surface area contributed by atoms with Crippen LogP contribution < -0.4 is 4.74 Å². The van der Waals surface area contributed by atoms with Crippen LogP contribution in [0.3, 0.4) is 0 Å². The van der Waals surface area contributed by atoms with E-state index in [1.807, 2.05) is 30.3 Å². The molecule has 0 atom stereocenters. The van der Waals surface area contributed by atoms with Gasteiger partial charge in [-0.25, -0.2) is 14.5 Å². The van der Waals surface area contributed by atoms with Crippen LogP contribution in [0.2, 0.25) is 0 Å². The molecule has 2 aromatic carbocycles. The van der Waals surface area contributed by atoms with E-state index in [2.05, 4.69) is 52.9 Å². The van der Waals surface area contributed by atoms with Crippen molar-refractivity contribution in [1.29, 1.82) is 0 Å². The molecule has 3 heterocycles. The number of hydrogen-bond donors (Lipinski definition) is 0. The van der Waals surface area contributed by atoms with E-state index in [4.69, 9.17) is 19.5 Å². The quantitative estimate of drug-likeness (QED) is 0.278. The fraction of sp³-hybridized carbons (Fsp3) is 0.200. The number of oxime groups is 1. The smallest absolute Gasteiger partial charge is 0.192 e. The summed E-state index contributed by atoms with van der Waals surface area (Å²) in [6.45, 7) is 5.12. The van der Waals surface area contributed by atoms with Gasteiger partial charge in [-0.2, -0.15) is 0 Å². The number of benzene rings is 2. The summed E-state index contributed by atoms with van der Waals surface area (Å²) in [6, 6.07) is 18.0. The van der Waals surface area contributed by atoms with E-state index in [0.29, 0.717) is 5.82 Å². The molecule has 0 radical (unpaired) electrons. The summed E-state index contributed by atoms with van der Waals surface area (Å²) in [6.07, 6.45) is 3.32. The van der Waals surface area contributed by atoms with Gasteiger partial charge in [0.1, 0.15) is 17.7 Å². The Morgan fingerprint density at radius 3 is 2.61 bits per heavy atom. The van der Waals surface area contributed by atoms with Crippen LogP contribution in [0.1, 0.15) is 28.2 Å². The number of hydrogen-bond acceptors (Lipinski definition) is 6. The molecule has 0 aliphatic rings. The predicted octanol–water partition coefficient (Wildman–Crippen LogP) is 4.30. The number of nitrogens with zero attached hydrogens (tertiary/aromatic N) is 6. The maximum absolute atomic E-state index is 5.45. The van der Waals surface area contributed by atoms with Crippen molar-refractivity contribution in [2.75, 3.05) is 7.11 Å². The molecule has 0 unspecified atom stereocenters. The van der Waals surface area contributed by atoms with Gasteiger partial charge in [0, 0.05) is 17.8 Å². The molecule has 0 bridgehead atoms. The Hall–Kier alpha value is -4.20. The Labute approximate surface area is 191 Å². The molecule has 0 saturated carbocycles. The molecule has 166 valence electrons. The zero-order valence-corrected chi connectivity index (χ0v) is 18.8. The van der Waals surface area contributed by atoms with Crippen molar-refractivity contribution in [3.63, 3.8) is 0 Å². The van der Waals surface area contributed by atoms with Crippen molar-refractivity contribution in [3.8, 4) is 5.75 Å². The lowest BCUT2D eigenvalue weighted by Gasteiger charge is -2.07. The van der Waals surface area contributed by atoms with Crippen molar-refractivity contribution in [2.45, 2.75) is 27.0 Å². The first kappa shape index (κ1) is 20.7. The highest BCUT2D eigenvalue weighted by Crippen LogP contribution is 2.27. The van der Waals surface area contributed by atoms with Crippen LogP contribution in [0.5, 0.6) is 5.75 Å². The van der Waals surface area contributed by atoms with Gasteiger partial charge in [0.2, 0.25) is 0 Å². The number of aryl methyl sites for hydroxylation is 1. The third kappa shape index (κ3) is 3.91. The number of fused-ring (bicyclic) bond motifs is 3. The molecule has 5 rings (SSSR count). The zero-order valence-electron chi connectivity index (χ0n) is 18.8. The first-order valence-electron chi connectivity index (χ1n) is 10.7. The Bertz CT molecular complexity index is 1450. The lowest BCUT2D eigenvalue weighted by atomic mass is 10.2. The number of aromatic nitrogens is 5. The van der Waals surface area contributed by atoms with Crippen LogP contribution >= 0.6 is 0 Å². The molecule has 0 fully saturated rings. The molecule has 3 aromatic heterocycles. The second-order valence-electron chi connectivity index (χ2n) is 7.77. The zero-order chi connectivity index (χ0) is 22.8. The highest BCUT2D eigenvalue weighted by molar-refractivity contribution is 5.94. The van der Waals surface area contributed by atoms with Gasteiger partial charge in [-0.3, -0.25) is 0 Å². The van der Waals surface area contributed by atoms with Gasteiger partial charge in [-0.1, -0.05) is 47.6 Å². The monoisotopic (exact) mass is 440 g/mol. The molecule has 0 saturated heterocycles. The van der Waals surface area contributed by atoms with Crippen molar-refractivity contribution in [3.05, 3.63) is 89.1 Å². The van der Waals surface area contributed by atoms with Crippen molar-refractivity contribution in [1.82, 2.24) is 24.1 Å². The van der Waals surface area contributed by atoms with Crippen LogP contribution in [-0.2, 0) is 18.0 Å². The Kier molecular flexibility index (Phi) is 5.48. The van der Waals surface area contributed by atoms with Gasteiger partial charge in [0.25, 0.3) is 0 Å². The molecule has 0 aliphatic carbocycles. The molecular weight excluding hydrogens is 416 g/mol. The van der Waals surface area contributed by atoms with E-state index in [-0.39, 0.29) is 6.61 Å². The predicted molar refractivity (Wildman–Crippen MR) is 127 cm³/mol. The number of ether oxygens (including phenoxy) is 1. The van der Waals surface area contributed by atoms with Gasteiger partial charge < -0.3 is 14.1 Å². The van der Waals surface area contributed by atoms with Crippen molar-refractivity contribution >= 4 is 22.9 Å². The van der Waals surface area contributed by atoms with Gasteiger partial charge >= 0.3 is 0 Å². The minimum absolute atomic E-state index is 0.150. The number of methoxy groups -OCH3 is 1. The summed E-state index contributed by atoms with van der Waals surface area (Å²) in [5.41, 5.74) is 6.03. The second kappa shape index (κ2) is 8.74. The Morgan fingerprint density at radius 1 is 1.00 bits per heavy atom. The highest BCUT2D eigenvalue weighted by atomic mass is 16.6. The van der Waals surface area contributed by atoms with E-state index in [1.165, 1.54) is 5.56 Å². The maximum atomic E-state index is 5.45. The van der Waals surface area contributed by atoms with E-state index >= 15 is 0 Å². The van der Waals surface area contributed by atoms with Gasteiger partial charge in [0.05, 0.1) is 18.7 Å². The molecular formula is C25H24N6O2. The lowest BCUT2D eigenvalue weighted by Crippen LogP contribution is -2.03. The van der Waals surface area contributed by atoms with Crippen LogP contribution in [0.4, 0.5) is 0 Å². The van der Waals surface area contributed by atoms with Crippen LogP contribution in [0, 0.1) is 13.8 Å². The standard InChI is InChI=1S/C25H24N6O2/c1-17-18(2)30(14-19-9-5-4-6-10-19)24-23(17)25-28-22(29-31(25)16-26-24)15-33-27-13-20-11-7-8-12-21(20)32-3/h4-13,16H,14-15H2,1-3H3/b27-13-. The third-order valence-electron chi connectivity index (χ3n) is 5.77. The summed E-state index contributed by atoms with van der Waals surface area (Å²) in [5.74, 6) is 1.27. The first-order chi connectivity index (χ1) is 16.2. The molecule has 5 aromatic rings. The summed E-state index contributed by atoms with van der Waals surface area (Å²) < 4.78 is 9.24. The van der Waals surface area contributed by atoms with Crippen molar-refractivity contribution < 1.29 is 9.57 Å². The van der Waals surface area contributed by atoms with Gasteiger partial charge in [-0.05, 0) is 37.1 Å². The van der Waals surface area contributed by atoms with E-state index in [9.17, 15) is 0 Å². The lowest BCUT2D eigenvalue weighted by molar-refractivity contribution is 0.126. The summed E-state index contributed by atoms with van der Waals surface area (Å²) in [4.78, 5) is 14.9. The SMILES string of the molecule is COc1ccccc1/C=N\OCc1nc2c3c(C)c(C)n(Cc4ccccc4)c3ncn2n1. The van der Waals surface area contributed by atoms with Gasteiger partial charge in [0.15, 0.2) is 18.1 Å². The molecule has 33 heavy (non-hydrogen) atoms. The third-order valence-corrected chi connectivity index (χ3v) is 5.77. The average Bonchev–Trinajstić information content (AvgIpc) is 3.37. The Morgan fingerprint density at radius 2 is 1.79 bits per heavy atom. The van der Waals surface area contributed by atoms with Crippen LogP contribution in [0.15, 0.2) is 66.1 Å². The summed E-state index contributed by atoms with van der Waals surface area (Å²) >= 11 is 0. The van der Waals surface area contributed by atoms with E-state index < -0.39 is 0 Å². The topological polar surface area (TPSA) is 78.8 Å².